The Morgan fingerprint density at radius 2 is 1.83 bits per heavy atom. The molecular weight excluding hydrogens is 298 g/mol. The maximum atomic E-state index is 5.62. The number of likely N-dealkylation sites (N-methyl/N-ethyl adjacent to an activating group) is 1. The van der Waals surface area contributed by atoms with Crippen LogP contribution < -0.4 is 0 Å². The van der Waals surface area contributed by atoms with Gasteiger partial charge < -0.3 is 9.32 Å². The fourth-order valence-corrected chi connectivity index (χ4v) is 4.01. The molecule has 3 heterocycles. The summed E-state index contributed by atoms with van der Waals surface area (Å²) in [7, 11) is 2.23. The van der Waals surface area contributed by atoms with Gasteiger partial charge in [0.05, 0.1) is 6.26 Å². The van der Waals surface area contributed by atoms with Crippen LogP contribution in [-0.4, -0.2) is 67.1 Å². The van der Waals surface area contributed by atoms with Crippen LogP contribution in [0.15, 0.2) is 47.1 Å². The Morgan fingerprint density at radius 1 is 1.00 bits per heavy atom. The zero-order valence-electron chi connectivity index (χ0n) is 14.5. The summed E-state index contributed by atoms with van der Waals surface area (Å²) >= 11 is 0. The van der Waals surface area contributed by atoms with E-state index in [1.807, 2.05) is 6.07 Å². The van der Waals surface area contributed by atoms with Crippen molar-refractivity contribution in [3.63, 3.8) is 0 Å². The summed E-state index contributed by atoms with van der Waals surface area (Å²) in [5, 5.41) is 0. The minimum atomic E-state index is 0.731. The highest BCUT2D eigenvalue weighted by atomic mass is 16.3. The van der Waals surface area contributed by atoms with Gasteiger partial charge >= 0.3 is 0 Å². The highest BCUT2D eigenvalue weighted by Crippen LogP contribution is 2.27. The molecule has 2 aliphatic heterocycles. The van der Waals surface area contributed by atoms with Crippen molar-refractivity contribution in [2.24, 2.45) is 0 Å². The van der Waals surface area contributed by atoms with Crippen LogP contribution in [0, 0.1) is 0 Å². The molecule has 1 aromatic carbocycles. The van der Waals surface area contributed by atoms with E-state index in [2.05, 4.69) is 52.1 Å². The molecule has 0 spiro atoms. The molecule has 2 saturated heterocycles. The van der Waals surface area contributed by atoms with Gasteiger partial charge in [-0.2, -0.15) is 0 Å². The van der Waals surface area contributed by atoms with Gasteiger partial charge in [-0.3, -0.25) is 9.80 Å². The van der Waals surface area contributed by atoms with E-state index in [-0.39, 0.29) is 0 Å². The summed E-state index contributed by atoms with van der Waals surface area (Å²) in [6.07, 6.45) is 3.05. The molecule has 4 rings (SSSR count). The van der Waals surface area contributed by atoms with E-state index in [1.165, 1.54) is 56.8 Å². The molecule has 0 aliphatic carbocycles. The second-order valence-electron chi connectivity index (χ2n) is 7.15. The van der Waals surface area contributed by atoms with E-state index in [9.17, 15) is 0 Å². The van der Waals surface area contributed by atoms with Crippen LogP contribution >= 0.6 is 0 Å². The first kappa shape index (κ1) is 15.9. The lowest BCUT2D eigenvalue weighted by atomic mass is 10.0. The summed E-state index contributed by atoms with van der Waals surface area (Å²) in [5.74, 6) is 0.973. The molecule has 1 aromatic heterocycles. The van der Waals surface area contributed by atoms with Crippen LogP contribution in [0.5, 0.6) is 0 Å². The third kappa shape index (κ3) is 3.41. The minimum absolute atomic E-state index is 0.731. The summed E-state index contributed by atoms with van der Waals surface area (Å²) in [6, 6.07) is 13.4. The van der Waals surface area contributed by atoms with Crippen molar-refractivity contribution >= 4 is 0 Å². The fraction of sp³-hybridized carbons (Fsp3) is 0.500. The summed E-state index contributed by atoms with van der Waals surface area (Å²) < 4.78 is 5.62. The highest BCUT2D eigenvalue weighted by molar-refractivity contribution is 5.61. The molecule has 0 unspecified atom stereocenters. The molecule has 24 heavy (non-hydrogen) atoms. The Kier molecular flexibility index (Phi) is 4.69. The van der Waals surface area contributed by atoms with Crippen molar-refractivity contribution in [1.82, 2.24) is 14.7 Å². The number of nitrogens with zero attached hydrogens (tertiary/aromatic N) is 3. The number of likely N-dealkylation sites (tertiary alicyclic amines) is 1. The van der Waals surface area contributed by atoms with E-state index in [0.717, 1.165) is 18.3 Å². The van der Waals surface area contributed by atoms with Crippen molar-refractivity contribution in [2.45, 2.75) is 19.0 Å². The second kappa shape index (κ2) is 7.09. The molecule has 0 saturated carbocycles. The number of furan rings is 1. The molecule has 2 aromatic rings. The normalized spacial score (nSPS) is 23.8. The Bertz CT molecular complexity index is 647. The van der Waals surface area contributed by atoms with Crippen molar-refractivity contribution < 1.29 is 4.42 Å². The molecule has 0 radical (unpaired) electrons. The van der Waals surface area contributed by atoms with Gasteiger partial charge in [0.1, 0.15) is 5.76 Å². The van der Waals surface area contributed by atoms with Crippen LogP contribution in [0.25, 0.3) is 11.3 Å². The SMILES string of the molecule is CN1CCN([C@@H]2CCN(Cc3ccccc3-c3ccco3)C2)CC1. The van der Waals surface area contributed by atoms with E-state index in [4.69, 9.17) is 4.42 Å². The molecule has 1 atom stereocenters. The maximum Gasteiger partial charge on any atom is 0.134 e. The van der Waals surface area contributed by atoms with Crippen LogP contribution in [0.3, 0.4) is 0 Å². The molecule has 0 amide bonds. The average molecular weight is 325 g/mol. The van der Waals surface area contributed by atoms with Gasteiger partial charge in [-0.25, -0.2) is 0 Å². The monoisotopic (exact) mass is 325 g/mol. The lowest BCUT2D eigenvalue weighted by molar-refractivity contribution is 0.112. The molecule has 2 aliphatic rings. The molecular formula is C20H27N3O. The average Bonchev–Trinajstić information content (AvgIpc) is 3.28. The lowest BCUT2D eigenvalue weighted by Crippen LogP contribution is -2.49. The van der Waals surface area contributed by atoms with Gasteiger partial charge in [0.15, 0.2) is 0 Å². The molecule has 0 bridgehead atoms. The van der Waals surface area contributed by atoms with E-state index >= 15 is 0 Å². The quantitative estimate of drug-likeness (QED) is 0.862. The lowest BCUT2D eigenvalue weighted by Gasteiger charge is -2.36. The third-order valence-corrected chi connectivity index (χ3v) is 5.50. The third-order valence-electron chi connectivity index (χ3n) is 5.50. The van der Waals surface area contributed by atoms with Crippen LogP contribution in [-0.2, 0) is 6.54 Å². The number of benzene rings is 1. The van der Waals surface area contributed by atoms with Gasteiger partial charge in [-0.15, -0.1) is 0 Å². The summed E-state index contributed by atoms with van der Waals surface area (Å²) in [4.78, 5) is 7.73. The van der Waals surface area contributed by atoms with Crippen molar-refractivity contribution in [2.75, 3.05) is 46.3 Å². The second-order valence-corrected chi connectivity index (χ2v) is 7.15. The van der Waals surface area contributed by atoms with Crippen molar-refractivity contribution in [3.8, 4) is 11.3 Å². The first-order valence-corrected chi connectivity index (χ1v) is 9.06. The Hall–Kier alpha value is -1.62. The van der Waals surface area contributed by atoms with Crippen LogP contribution in [0.1, 0.15) is 12.0 Å². The number of piperazine rings is 1. The predicted octanol–water partition coefficient (Wildman–Crippen LogP) is 2.77. The largest absolute Gasteiger partial charge is 0.464 e. The van der Waals surface area contributed by atoms with E-state index in [1.54, 1.807) is 6.26 Å². The minimum Gasteiger partial charge on any atom is -0.464 e. The fourth-order valence-electron chi connectivity index (χ4n) is 4.01. The Balaban J connectivity index is 1.41. The first-order valence-electron chi connectivity index (χ1n) is 9.06. The molecule has 0 N–H and O–H groups in total. The molecule has 4 nitrogen and oxygen atoms in total. The van der Waals surface area contributed by atoms with E-state index < -0.39 is 0 Å². The Morgan fingerprint density at radius 3 is 2.62 bits per heavy atom. The standard InChI is InChI=1S/C20H27N3O/c1-21-10-12-23(13-11-21)18-8-9-22(16-18)15-17-5-2-3-6-19(17)20-7-4-14-24-20/h2-7,14,18H,8-13,15-16H2,1H3/t18-/m1/s1. The van der Waals surface area contributed by atoms with Gasteiger partial charge in [0.25, 0.3) is 0 Å². The first-order chi connectivity index (χ1) is 11.8. The summed E-state index contributed by atoms with van der Waals surface area (Å²) in [5.41, 5.74) is 2.59. The predicted molar refractivity (Wildman–Crippen MR) is 96.9 cm³/mol. The van der Waals surface area contributed by atoms with E-state index in [0.29, 0.717) is 0 Å². The zero-order valence-corrected chi connectivity index (χ0v) is 14.5. The number of hydrogen-bond acceptors (Lipinski definition) is 4. The van der Waals surface area contributed by atoms with Crippen molar-refractivity contribution in [1.29, 1.82) is 0 Å². The molecule has 4 heteroatoms. The molecule has 128 valence electrons. The van der Waals surface area contributed by atoms with Crippen LogP contribution in [0.4, 0.5) is 0 Å². The van der Waals surface area contributed by atoms with Gasteiger partial charge in [-0.1, -0.05) is 24.3 Å². The highest BCUT2D eigenvalue weighted by Gasteiger charge is 2.29. The number of rotatable bonds is 4. The molecule has 2 fully saturated rings. The number of hydrogen-bond donors (Lipinski definition) is 0. The van der Waals surface area contributed by atoms with Gasteiger partial charge in [-0.05, 0) is 31.2 Å². The topological polar surface area (TPSA) is 22.9 Å². The van der Waals surface area contributed by atoms with Gasteiger partial charge in [0, 0.05) is 57.4 Å². The smallest absolute Gasteiger partial charge is 0.134 e. The summed E-state index contributed by atoms with van der Waals surface area (Å²) in [6.45, 7) is 8.26. The van der Waals surface area contributed by atoms with Gasteiger partial charge in [0.2, 0.25) is 0 Å². The van der Waals surface area contributed by atoms with Crippen molar-refractivity contribution in [3.05, 3.63) is 48.2 Å². The van der Waals surface area contributed by atoms with Crippen LogP contribution in [0.2, 0.25) is 0 Å². The zero-order chi connectivity index (χ0) is 16.4. The maximum absolute atomic E-state index is 5.62. The Labute approximate surface area is 144 Å².